The first kappa shape index (κ1) is 16.0. The van der Waals surface area contributed by atoms with E-state index in [0.717, 1.165) is 6.07 Å². The lowest BCUT2D eigenvalue weighted by molar-refractivity contribution is -0.0631. The standard InChI is InChI=1S/C17H17FO4/c1-3-20-12(2)21-16-11-13(9-10-15(16)18)17(19)22-14-7-5-4-6-8-14/h4-12H,3H2,1-2H3. The van der Waals surface area contributed by atoms with Gasteiger partial charge in [-0.3, -0.25) is 0 Å². The Morgan fingerprint density at radius 1 is 1.18 bits per heavy atom. The summed E-state index contributed by atoms with van der Waals surface area (Å²) in [5.74, 6) is -0.784. The SMILES string of the molecule is CCOC(C)Oc1cc(C(=O)Oc2ccccc2)ccc1F. The number of ether oxygens (including phenoxy) is 3. The topological polar surface area (TPSA) is 44.8 Å². The van der Waals surface area contributed by atoms with Crippen molar-refractivity contribution in [1.29, 1.82) is 0 Å². The second-order valence-corrected chi connectivity index (χ2v) is 4.49. The molecule has 2 aromatic rings. The van der Waals surface area contributed by atoms with Gasteiger partial charge in [0.05, 0.1) is 5.56 Å². The van der Waals surface area contributed by atoms with Crippen molar-refractivity contribution in [3.05, 3.63) is 59.9 Å². The first-order valence-corrected chi connectivity index (χ1v) is 6.95. The molecule has 0 aliphatic rings. The summed E-state index contributed by atoms with van der Waals surface area (Å²) >= 11 is 0. The van der Waals surface area contributed by atoms with Crippen LogP contribution in [0, 0.1) is 5.82 Å². The smallest absolute Gasteiger partial charge is 0.343 e. The molecule has 4 nitrogen and oxygen atoms in total. The number of carbonyl (C=O) groups is 1. The summed E-state index contributed by atoms with van der Waals surface area (Å²) in [4.78, 5) is 12.1. The summed E-state index contributed by atoms with van der Waals surface area (Å²) in [5.41, 5.74) is 0.198. The number of hydrogen-bond donors (Lipinski definition) is 0. The summed E-state index contributed by atoms with van der Waals surface area (Å²) < 4.78 is 29.4. The maximum absolute atomic E-state index is 13.7. The Labute approximate surface area is 128 Å². The molecule has 22 heavy (non-hydrogen) atoms. The van der Waals surface area contributed by atoms with Gasteiger partial charge in [0.2, 0.25) is 0 Å². The normalized spacial score (nSPS) is 11.8. The minimum absolute atomic E-state index is 0.0524. The van der Waals surface area contributed by atoms with E-state index in [1.54, 1.807) is 31.2 Å². The number of carbonyl (C=O) groups excluding carboxylic acids is 1. The zero-order valence-electron chi connectivity index (χ0n) is 12.4. The predicted octanol–water partition coefficient (Wildman–Crippen LogP) is 3.81. The molecule has 0 aromatic heterocycles. The van der Waals surface area contributed by atoms with Crippen LogP contribution in [0.3, 0.4) is 0 Å². The molecule has 0 N–H and O–H groups in total. The molecule has 0 aliphatic heterocycles. The average Bonchev–Trinajstić information content (AvgIpc) is 2.50. The molecule has 0 heterocycles. The summed E-state index contributed by atoms with van der Waals surface area (Å²) in [5, 5.41) is 0. The van der Waals surface area contributed by atoms with Gasteiger partial charge in [0.25, 0.3) is 0 Å². The van der Waals surface area contributed by atoms with Crippen LogP contribution in [0.15, 0.2) is 48.5 Å². The summed E-state index contributed by atoms with van der Waals surface area (Å²) in [6.45, 7) is 3.90. The summed E-state index contributed by atoms with van der Waals surface area (Å²) in [6, 6.07) is 12.5. The van der Waals surface area contributed by atoms with E-state index in [0.29, 0.717) is 12.4 Å². The third kappa shape index (κ3) is 4.30. The zero-order chi connectivity index (χ0) is 15.9. The molecule has 1 atom stereocenters. The molecule has 0 bridgehead atoms. The van der Waals surface area contributed by atoms with E-state index in [1.165, 1.54) is 12.1 Å². The van der Waals surface area contributed by atoms with Gasteiger partial charge in [0, 0.05) is 6.61 Å². The van der Waals surface area contributed by atoms with E-state index in [-0.39, 0.29) is 11.3 Å². The summed E-state index contributed by atoms with van der Waals surface area (Å²) in [6.07, 6.45) is -0.611. The van der Waals surface area contributed by atoms with Crippen LogP contribution in [0.2, 0.25) is 0 Å². The van der Waals surface area contributed by atoms with Gasteiger partial charge in [-0.1, -0.05) is 18.2 Å². The van der Waals surface area contributed by atoms with Crippen LogP contribution >= 0.6 is 0 Å². The van der Waals surface area contributed by atoms with Gasteiger partial charge in [0.15, 0.2) is 17.9 Å². The van der Waals surface area contributed by atoms with Crippen molar-refractivity contribution in [3.63, 3.8) is 0 Å². The van der Waals surface area contributed by atoms with Crippen molar-refractivity contribution >= 4 is 5.97 Å². The number of esters is 1. The molecule has 2 aromatic carbocycles. The van der Waals surface area contributed by atoms with Crippen LogP contribution in [0.4, 0.5) is 4.39 Å². The fourth-order valence-electron chi connectivity index (χ4n) is 1.82. The Bertz CT molecular complexity index is 628. The number of benzene rings is 2. The molecule has 0 saturated heterocycles. The van der Waals surface area contributed by atoms with Crippen molar-refractivity contribution in [2.75, 3.05) is 6.61 Å². The van der Waals surface area contributed by atoms with E-state index in [9.17, 15) is 9.18 Å². The van der Waals surface area contributed by atoms with E-state index in [1.807, 2.05) is 13.0 Å². The van der Waals surface area contributed by atoms with Gasteiger partial charge in [0.1, 0.15) is 5.75 Å². The van der Waals surface area contributed by atoms with Gasteiger partial charge in [-0.25, -0.2) is 9.18 Å². The minimum atomic E-state index is -0.611. The van der Waals surface area contributed by atoms with Gasteiger partial charge >= 0.3 is 5.97 Å². The van der Waals surface area contributed by atoms with Crippen LogP contribution in [-0.2, 0) is 4.74 Å². The van der Waals surface area contributed by atoms with Crippen LogP contribution in [0.1, 0.15) is 24.2 Å². The first-order valence-electron chi connectivity index (χ1n) is 6.95. The second kappa shape index (κ2) is 7.56. The molecule has 0 amide bonds. The van der Waals surface area contributed by atoms with Crippen molar-refractivity contribution < 1.29 is 23.4 Å². The molecular formula is C17H17FO4. The lowest BCUT2D eigenvalue weighted by atomic mass is 10.2. The molecule has 0 fully saturated rings. The van der Waals surface area contributed by atoms with Crippen molar-refractivity contribution in [1.82, 2.24) is 0 Å². The highest BCUT2D eigenvalue weighted by Crippen LogP contribution is 2.21. The average molecular weight is 304 g/mol. The third-order valence-corrected chi connectivity index (χ3v) is 2.81. The van der Waals surface area contributed by atoms with E-state index in [2.05, 4.69) is 0 Å². The maximum atomic E-state index is 13.7. The zero-order valence-corrected chi connectivity index (χ0v) is 12.4. The van der Waals surface area contributed by atoms with E-state index >= 15 is 0 Å². The largest absolute Gasteiger partial charge is 0.462 e. The highest BCUT2D eigenvalue weighted by atomic mass is 19.1. The van der Waals surface area contributed by atoms with Gasteiger partial charge < -0.3 is 14.2 Å². The van der Waals surface area contributed by atoms with Crippen molar-refractivity contribution in [2.24, 2.45) is 0 Å². The Kier molecular flexibility index (Phi) is 5.49. The van der Waals surface area contributed by atoms with Crippen LogP contribution in [-0.4, -0.2) is 18.9 Å². The number of halogens is 1. The van der Waals surface area contributed by atoms with Crippen LogP contribution < -0.4 is 9.47 Å². The van der Waals surface area contributed by atoms with Crippen molar-refractivity contribution in [3.8, 4) is 11.5 Å². The second-order valence-electron chi connectivity index (χ2n) is 4.49. The van der Waals surface area contributed by atoms with Gasteiger partial charge in [-0.05, 0) is 44.2 Å². The minimum Gasteiger partial charge on any atom is -0.462 e. The van der Waals surface area contributed by atoms with E-state index in [4.69, 9.17) is 14.2 Å². The van der Waals surface area contributed by atoms with Gasteiger partial charge in [-0.15, -0.1) is 0 Å². The molecule has 116 valence electrons. The fourth-order valence-corrected chi connectivity index (χ4v) is 1.82. The number of hydrogen-bond acceptors (Lipinski definition) is 4. The molecule has 0 radical (unpaired) electrons. The highest BCUT2D eigenvalue weighted by molar-refractivity contribution is 5.91. The molecule has 0 saturated carbocycles. The Balaban J connectivity index is 2.12. The molecular weight excluding hydrogens is 287 g/mol. The number of rotatable bonds is 6. The molecule has 2 rings (SSSR count). The Morgan fingerprint density at radius 3 is 2.59 bits per heavy atom. The first-order chi connectivity index (χ1) is 10.6. The maximum Gasteiger partial charge on any atom is 0.343 e. The third-order valence-electron chi connectivity index (χ3n) is 2.81. The summed E-state index contributed by atoms with van der Waals surface area (Å²) in [7, 11) is 0. The van der Waals surface area contributed by atoms with Crippen LogP contribution in [0.5, 0.6) is 11.5 Å². The molecule has 0 aliphatic carbocycles. The number of para-hydroxylation sites is 1. The lowest BCUT2D eigenvalue weighted by Crippen LogP contribution is -2.17. The fraction of sp³-hybridized carbons (Fsp3) is 0.235. The highest BCUT2D eigenvalue weighted by Gasteiger charge is 2.14. The molecule has 0 spiro atoms. The quantitative estimate of drug-likeness (QED) is 0.462. The molecule has 5 heteroatoms. The predicted molar refractivity (Wildman–Crippen MR) is 79.5 cm³/mol. The van der Waals surface area contributed by atoms with Crippen LogP contribution in [0.25, 0.3) is 0 Å². The lowest BCUT2D eigenvalue weighted by Gasteiger charge is -2.15. The Hall–Kier alpha value is -2.40. The van der Waals surface area contributed by atoms with Gasteiger partial charge in [-0.2, -0.15) is 0 Å². The van der Waals surface area contributed by atoms with Crippen molar-refractivity contribution in [2.45, 2.75) is 20.1 Å². The van der Waals surface area contributed by atoms with E-state index < -0.39 is 18.1 Å². The Morgan fingerprint density at radius 2 is 1.91 bits per heavy atom. The molecule has 1 unspecified atom stereocenters. The monoisotopic (exact) mass is 304 g/mol.